The smallest absolute Gasteiger partial charge is 0.134 e. The minimum absolute atomic E-state index is 0.681. The zero-order valence-corrected chi connectivity index (χ0v) is 10.8. The summed E-state index contributed by atoms with van der Waals surface area (Å²) in [5, 5.41) is 0. The van der Waals surface area contributed by atoms with Crippen molar-refractivity contribution in [3.05, 3.63) is 22.7 Å². The average molecular weight is 285 g/mol. The number of rotatable bonds is 2. The molecule has 0 aliphatic carbocycles. The van der Waals surface area contributed by atoms with Gasteiger partial charge in [-0.05, 0) is 10.6 Å². The fourth-order valence-electron chi connectivity index (χ4n) is 1.78. The van der Waals surface area contributed by atoms with E-state index >= 15 is 0 Å². The van der Waals surface area contributed by atoms with Gasteiger partial charge in [0, 0.05) is 18.6 Å². The lowest BCUT2D eigenvalue weighted by Crippen LogP contribution is -2.09. The summed E-state index contributed by atoms with van der Waals surface area (Å²) in [6.07, 6.45) is 0.876. The van der Waals surface area contributed by atoms with Gasteiger partial charge in [0.2, 0.25) is 0 Å². The van der Waals surface area contributed by atoms with E-state index in [9.17, 15) is 0 Å². The first-order valence-electron chi connectivity index (χ1n) is 4.98. The van der Waals surface area contributed by atoms with Crippen LogP contribution in [0.2, 0.25) is 0 Å². The Hall–Kier alpha value is -1.16. The van der Waals surface area contributed by atoms with Crippen molar-refractivity contribution < 1.29 is 14.2 Å². The molecule has 0 radical (unpaired) electrons. The predicted octanol–water partition coefficient (Wildman–Crippen LogP) is 3.22. The summed E-state index contributed by atoms with van der Waals surface area (Å²) in [7, 11) is 3.28. The Kier molecular flexibility index (Phi) is 3.39. The Labute approximate surface area is 103 Å². The molecule has 0 saturated carbocycles. The van der Waals surface area contributed by atoms with E-state index in [4.69, 9.17) is 14.2 Å². The molecule has 0 N–H and O–H groups in total. The number of methoxy groups -OCH3 is 2. The lowest BCUT2D eigenvalue weighted by Gasteiger charge is -2.22. The third kappa shape index (κ3) is 1.89. The van der Waals surface area contributed by atoms with Crippen LogP contribution >= 0.6 is 15.9 Å². The summed E-state index contributed by atoms with van der Waals surface area (Å²) < 4.78 is 16.2. The van der Waals surface area contributed by atoms with Gasteiger partial charge in [0.05, 0.1) is 26.4 Å². The Balaban J connectivity index is 2.59. The van der Waals surface area contributed by atoms with E-state index in [-0.39, 0.29) is 0 Å². The zero-order valence-electron chi connectivity index (χ0n) is 9.25. The molecule has 1 aliphatic heterocycles. The maximum atomic E-state index is 5.62. The minimum atomic E-state index is 0.681. The standard InChI is InChI=1S/C12H13BrO3/c1-14-9-5-10(15-2)12-8(7-13)3-4-16-11(12)6-9/h5-7H,3-4H2,1-2H3/b8-7-. The molecule has 1 aromatic carbocycles. The molecule has 1 aliphatic rings. The van der Waals surface area contributed by atoms with Crippen LogP contribution in [0.25, 0.3) is 5.57 Å². The van der Waals surface area contributed by atoms with Crippen LogP contribution in [0.5, 0.6) is 17.2 Å². The van der Waals surface area contributed by atoms with E-state index in [0.717, 1.165) is 29.2 Å². The second-order valence-electron chi connectivity index (χ2n) is 3.44. The molecule has 0 aromatic heterocycles. The van der Waals surface area contributed by atoms with Crippen molar-refractivity contribution in [1.29, 1.82) is 0 Å². The fourth-order valence-corrected chi connectivity index (χ4v) is 2.24. The van der Waals surface area contributed by atoms with Gasteiger partial charge in [0.15, 0.2) is 0 Å². The van der Waals surface area contributed by atoms with E-state index in [1.54, 1.807) is 14.2 Å². The zero-order chi connectivity index (χ0) is 11.5. The van der Waals surface area contributed by atoms with Gasteiger partial charge >= 0.3 is 0 Å². The highest BCUT2D eigenvalue weighted by Crippen LogP contribution is 2.42. The van der Waals surface area contributed by atoms with E-state index in [2.05, 4.69) is 15.9 Å². The molecular formula is C12H13BrO3. The maximum absolute atomic E-state index is 5.62. The average Bonchev–Trinajstić information content (AvgIpc) is 2.36. The third-order valence-electron chi connectivity index (χ3n) is 2.58. The molecule has 1 aromatic rings. The van der Waals surface area contributed by atoms with Gasteiger partial charge < -0.3 is 14.2 Å². The first-order chi connectivity index (χ1) is 7.80. The summed E-state index contributed by atoms with van der Waals surface area (Å²) in [6.45, 7) is 0.681. The predicted molar refractivity (Wildman–Crippen MR) is 66.6 cm³/mol. The van der Waals surface area contributed by atoms with Crippen LogP contribution < -0.4 is 14.2 Å². The minimum Gasteiger partial charge on any atom is -0.496 e. The van der Waals surface area contributed by atoms with Crippen LogP contribution in [0.4, 0.5) is 0 Å². The summed E-state index contributed by atoms with van der Waals surface area (Å²) in [5.41, 5.74) is 2.19. The highest BCUT2D eigenvalue weighted by Gasteiger charge is 2.21. The summed E-state index contributed by atoms with van der Waals surface area (Å²) in [4.78, 5) is 1.92. The summed E-state index contributed by atoms with van der Waals surface area (Å²) >= 11 is 3.38. The van der Waals surface area contributed by atoms with Crippen molar-refractivity contribution in [3.8, 4) is 17.2 Å². The lowest BCUT2D eigenvalue weighted by molar-refractivity contribution is 0.307. The van der Waals surface area contributed by atoms with Crippen molar-refractivity contribution in [3.63, 3.8) is 0 Å². The van der Waals surface area contributed by atoms with Crippen LogP contribution in [0.15, 0.2) is 17.1 Å². The molecule has 0 spiro atoms. The Morgan fingerprint density at radius 1 is 1.31 bits per heavy atom. The number of benzene rings is 1. The molecule has 1 heterocycles. The number of hydrogen-bond acceptors (Lipinski definition) is 3. The topological polar surface area (TPSA) is 27.7 Å². The second-order valence-corrected chi connectivity index (χ2v) is 3.89. The van der Waals surface area contributed by atoms with E-state index in [1.165, 1.54) is 5.57 Å². The Morgan fingerprint density at radius 3 is 2.75 bits per heavy atom. The molecule has 0 unspecified atom stereocenters. The largest absolute Gasteiger partial charge is 0.496 e. The molecule has 2 rings (SSSR count). The van der Waals surface area contributed by atoms with Crippen molar-refractivity contribution in [2.45, 2.75) is 6.42 Å². The highest BCUT2D eigenvalue weighted by molar-refractivity contribution is 9.11. The quantitative estimate of drug-likeness (QED) is 0.835. The molecule has 4 heteroatoms. The lowest BCUT2D eigenvalue weighted by atomic mass is 10.00. The molecule has 3 nitrogen and oxygen atoms in total. The molecule has 0 amide bonds. The van der Waals surface area contributed by atoms with Crippen molar-refractivity contribution in [1.82, 2.24) is 0 Å². The van der Waals surface area contributed by atoms with Crippen LogP contribution in [0, 0.1) is 0 Å². The Bertz CT molecular complexity index is 409. The van der Waals surface area contributed by atoms with Gasteiger partial charge in [-0.25, -0.2) is 0 Å². The van der Waals surface area contributed by atoms with Gasteiger partial charge in [-0.3, -0.25) is 0 Å². The van der Waals surface area contributed by atoms with Crippen molar-refractivity contribution in [2.75, 3.05) is 20.8 Å². The van der Waals surface area contributed by atoms with Crippen LogP contribution in [0.3, 0.4) is 0 Å². The first kappa shape index (κ1) is 11.3. The number of hydrogen-bond donors (Lipinski definition) is 0. The van der Waals surface area contributed by atoms with E-state index in [1.807, 2.05) is 17.1 Å². The SMILES string of the molecule is COc1cc(OC)c2c(c1)OCC/C2=C/Br. The molecule has 0 fully saturated rings. The van der Waals surface area contributed by atoms with Gasteiger partial charge in [0.25, 0.3) is 0 Å². The monoisotopic (exact) mass is 284 g/mol. The highest BCUT2D eigenvalue weighted by atomic mass is 79.9. The van der Waals surface area contributed by atoms with Crippen LogP contribution in [-0.2, 0) is 0 Å². The molecule has 0 bridgehead atoms. The third-order valence-corrected chi connectivity index (χ3v) is 3.13. The molecule has 0 atom stereocenters. The molecule has 0 saturated heterocycles. The first-order valence-corrected chi connectivity index (χ1v) is 5.90. The summed E-state index contributed by atoms with van der Waals surface area (Å²) in [5.74, 6) is 2.33. The van der Waals surface area contributed by atoms with Gasteiger partial charge in [-0.15, -0.1) is 0 Å². The van der Waals surface area contributed by atoms with Crippen molar-refractivity contribution >= 4 is 21.5 Å². The van der Waals surface area contributed by atoms with Gasteiger partial charge in [-0.1, -0.05) is 15.9 Å². The van der Waals surface area contributed by atoms with Gasteiger partial charge in [-0.2, -0.15) is 0 Å². The maximum Gasteiger partial charge on any atom is 0.134 e. The van der Waals surface area contributed by atoms with Gasteiger partial charge in [0.1, 0.15) is 17.2 Å². The normalized spacial score (nSPS) is 16.6. The number of halogens is 1. The molecular weight excluding hydrogens is 272 g/mol. The number of ether oxygens (including phenoxy) is 3. The summed E-state index contributed by atoms with van der Waals surface area (Å²) in [6, 6.07) is 3.75. The van der Waals surface area contributed by atoms with Crippen molar-refractivity contribution in [2.24, 2.45) is 0 Å². The second kappa shape index (κ2) is 4.78. The van der Waals surface area contributed by atoms with E-state index in [0.29, 0.717) is 6.61 Å². The Morgan fingerprint density at radius 2 is 2.12 bits per heavy atom. The van der Waals surface area contributed by atoms with Crippen LogP contribution in [-0.4, -0.2) is 20.8 Å². The number of fused-ring (bicyclic) bond motifs is 1. The molecule has 16 heavy (non-hydrogen) atoms. The van der Waals surface area contributed by atoms with Crippen LogP contribution in [0.1, 0.15) is 12.0 Å². The molecule has 86 valence electrons. The van der Waals surface area contributed by atoms with E-state index < -0.39 is 0 Å². The fraction of sp³-hybridized carbons (Fsp3) is 0.333.